The van der Waals surface area contributed by atoms with Gasteiger partial charge in [-0.25, -0.2) is 0 Å². The van der Waals surface area contributed by atoms with Crippen LogP contribution in [-0.2, 0) is 14.3 Å². The number of ether oxygens (including phenoxy) is 1. The van der Waals surface area contributed by atoms with E-state index in [1.54, 1.807) is 0 Å². The van der Waals surface area contributed by atoms with Gasteiger partial charge in [-0.1, -0.05) is 366 Å². The Morgan fingerprint density at radius 1 is 0.350 bits per heavy atom. The number of aliphatic hydroxyl groups is 2. The minimum absolute atomic E-state index is 0.0136. The second-order valence-electron chi connectivity index (χ2n) is 25.3. The number of carbonyl (C=O) groups excluding carboxylic acids is 2. The van der Waals surface area contributed by atoms with Crippen molar-refractivity contribution in [1.29, 1.82) is 0 Å². The standard InChI is InChI=1S/C74H143NO5/c1-3-5-7-9-11-13-15-16-17-18-19-31-34-37-40-43-47-50-54-58-62-66-72(77)71(70-76)75-73(78)67-63-59-55-51-48-44-41-38-35-32-29-27-25-23-21-20-22-24-26-28-30-33-36-39-42-45-49-53-57-61-65-69-80-74(79)68-64-60-56-52-46-14-12-10-8-6-4-2/h22,24,28,30,71-72,76-77H,3-21,23,25-27,29,31-70H2,1-2H3,(H,75,78)/b24-22-,30-28-. The van der Waals surface area contributed by atoms with Crippen molar-refractivity contribution in [2.24, 2.45) is 0 Å². The first-order valence-electron chi connectivity index (χ1n) is 36.6. The van der Waals surface area contributed by atoms with Crippen LogP contribution in [0.15, 0.2) is 24.3 Å². The molecule has 0 aromatic carbocycles. The predicted molar refractivity (Wildman–Crippen MR) is 352 cm³/mol. The van der Waals surface area contributed by atoms with E-state index in [4.69, 9.17) is 4.74 Å². The smallest absolute Gasteiger partial charge is 0.305 e. The van der Waals surface area contributed by atoms with Gasteiger partial charge in [-0.05, 0) is 57.8 Å². The lowest BCUT2D eigenvalue weighted by Gasteiger charge is -2.22. The average molecular weight is 1130 g/mol. The predicted octanol–water partition coefficient (Wildman–Crippen LogP) is 23.7. The van der Waals surface area contributed by atoms with Gasteiger partial charge in [0.05, 0.1) is 25.4 Å². The number of allylic oxidation sites excluding steroid dienone is 4. The minimum atomic E-state index is -0.665. The van der Waals surface area contributed by atoms with Gasteiger partial charge >= 0.3 is 5.97 Å². The van der Waals surface area contributed by atoms with E-state index in [2.05, 4.69) is 43.5 Å². The second-order valence-corrected chi connectivity index (χ2v) is 25.3. The van der Waals surface area contributed by atoms with Crippen molar-refractivity contribution in [3.8, 4) is 0 Å². The molecule has 1 amide bonds. The van der Waals surface area contributed by atoms with Gasteiger partial charge in [-0.3, -0.25) is 9.59 Å². The number of esters is 1. The third-order valence-corrected chi connectivity index (χ3v) is 17.3. The summed E-state index contributed by atoms with van der Waals surface area (Å²) in [6.45, 7) is 4.99. The number of amides is 1. The van der Waals surface area contributed by atoms with Crippen LogP contribution in [0.5, 0.6) is 0 Å². The minimum Gasteiger partial charge on any atom is -0.466 e. The number of rotatable bonds is 69. The molecule has 0 aromatic heterocycles. The summed E-state index contributed by atoms with van der Waals surface area (Å²) in [5.74, 6) is -0.0160. The van der Waals surface area contributed by atoms with Crippen molar-refractivity contribution in [2.75, 3.05) is 13.2 Å². The van der Waals surface area contributed by atoms with E-state index in [0.717, 1.165) is 44.9 Å². The van der Waals surface area contributed by atoms with Crippen LogP contribution in [0.2, 0.25) is 0 Å². The molecule has 0 aliphatic rings. The van der Waals surface area contributed by atoms with E-state index in [9.17, 15) is 19.8 Å². The fourth-order valence-electron chi connectivity index (χ4n) is 11.7. The SMILES string of the molecule is CCCCCCCCCCCCCCCCCCCCCCCC(O)C(CO)NC(=O)CCCCCCCCCCCCCCCCC/C=C\C/C=C\CCCCCCCCCCCOC(=O)CCCCCCCCCCCCC. The molecule has 0 heterocycles. The maximum Gasteiger partial charge on any atom is 0.305 e. The summed E-state index contributed by atoms with van der Waals surface area (Å²) < 4.78 is 5.47. The first-order valence-corrected chi connectivity index (χ1v) is 36.6. The quantitative estimate of drug-likeness (QED) is 0.0320. The largest absolute Gasteiger partial charge is 0.466 e. The summed E-state index contributed by atoms with van der Waals surface area (Å²) in [7, 11) is 0. The van der Waals surface area contributed by atoms with Crippen molar-refractivity contribution < 1.29 is 24.5 Å². The van der Waals surface area contributed by atoms with Crippen LogP contribution in [0.4, 0.5) is 0 Å². The van der Waals surface area contributed by atoms with E-state index >= 15 is 0 Å². The van der Waals surface area contributed by atoms with Gasteiger partial charge in [0.1, 0.15) is 0 Å². The molecule has 0 aromatic rings. The van der Waals surface area contributed by atoms with E-state index in [-0.39, 0.29) is 18.5 Å². The summed E-state index contributed by atoms with van der Waals surface area (Å²) >= 11 is 0. The van der Waals surface area contributed by atoms with Gasteiger partial charge in [-0.2, -0.15) is 0 Å². The van der Waals surface area contributed by atoms with Crippen molar-refractivity contribution in [3.05, 3.63) is 24.3 Å². The van der Waals surface area contributed by atoms with Crippen LogP contribution in [-0.4, -0.2) is 47.4 Å². The Bertz CT molecular complexity index is 1250. The maximum atomic E-state index is 12.6. The molecule has 6 nitrogen and oxygen atoms in total. The number of hydrogen-bond acceptors (Lipinski definition) is 5. The van der Waals surface area contributed by atoms with Crippen LogP contribution in [0.1, 0.15) is 412 Å². The maximum absolute atomic E-state index is 12.6. The molecule has 0 fully saturated rings. The molecule has 80 heavy (non-hydrogen) atoms. The third-order valence-electron chi connectivity index (χ3n) is 17.3. The van der Waals surface area contributed by atoms with Gasteiger partial charge in [0.25, 0.3) is 0 Å². The molecule has 0 radical (unpaired) electrons. The Morgan fingerprint density at radius 2 is 0.625 bits per heavy atom. The third kappa shape index (κ3) is 65.5. The van der Waals surface area contributed by atoms with Gasteiger partial charge in [0.15, 0.2) is 0 Å². The Balaban J connectivity index is 3.39. The number of aliphatic hydroxyl groups excluding tert-OH is 2. The lowest BCUT2D eigenvalue weighted by Crippen LogP contribution is -2.45. The molecular formula is C74H143NO5. The molecule has 2 atom stereocenters. The summed E-state index contributed by atoms with van der Waals surface area (Å²) in [5.41, 5.74) is 0. The fraction of sp³-hybridized carbons (Fsp3) is 0.919. The van der Waals surface area contributed by atoms with Crippen molar-refractivity contribution in [2.45, 2.75) is 424 Å². The first-order chi connectivity index (χ1) is 39.5. The van der Waals surface area contributed by atoms with Gasteiger partial charge in [-0.15, -0.1) is 0 Å². The zero-order chi connectivity index (χ0) is 57.8. The van der Waals surface area contributed by atoms with Crippen molar-refractivity contribution in [3.63, 3.8) is 0 Å². The molecule has 0 bridgehead atoms. The van der Waals surface area contributed by atoms with E-state index in [0.29, 0.717) is 25.9 Å². The average Bonchev–Trinajstić information content (AvgIpc) is 3.46. The van der Waals surface area contributed by atoms with Crippen molar-refractivity contribution >= 4 is 11.9 Å². The first kappa shape index (κ1) is 78.3. The molecule has 6 heteroatoms. The summed E-state index contributed by atoms with van der Waals surface area (Å²) in [6, 6.07) is -0.542. The second kappa shape index (κ2) is 69.8. The summed E-state index contributed by atoms with van der Waals surface area (Å²) in [6.07, 6.45) is 88.1. The molecule has 0 saturated carbocycles. The van der Waals surface area contributed by atoms with Crippen molar-refractivity contribution in [1.82, 2.24) is 5.32 Å². The topological polar surface area (TPSA) is 95.9 Å². The van der Waals surface area contributed by atoms with Gasteiger partial charge < -0.3 is 20.3 Å². The number of nitrogens with one attached hydrogen (secondary N) is 1. The number of carbonyl (C=O) groups is 2. The highest BCUT2D eigenvalue weighted by atomic mass is 16.5. The van der Waals surface area contributed by atoms with Crippen LogP contribution >= 0.6 is 0 Å². The van der Waals surface area contributed by atoms with Crippen LogP contribution < -0.4 is 5.32 Å². The van der Waals surface area contributed by atoms with Gasteiger partial charge in [0, 0.05) is 12.8 Å². The molecule has 0 rings (SSSR count). The number of hydrogen-bond donors (Lipinski definition) is 3. The van der Waals surface area contributed by atoms with E-state index in [1.807, 2.05) is 0 Å². The molecule has 474 valence electrons. The Hall–Kier alpha value is -1.66. The zero-order valence-electron chi connectivity index (χ0n) is 54.3. The Kier molecular flexibility index (Phi) is 68.4. The summed E-state index contributed by atoms with van der Waals surface area (Å²) in [5, 5.41) is 23.4. The normalized spacial score (nSPS) is 12.6. The molecule has 0 aliphatic heterocycles. The monoisotopic (exact) mass is 1130 g/mol. The van der Waals surface area contributed by atoms with Crippen LogP contribution in [0, 0.1) is 0 Å². The van der Waals surface area contributed by atoms with Gasteiger partial charge in [0.2, 0.25) is 5.91 Å². The van der Waals surface area contributed by atoms with E-state index in [1.165, 1.54) is 334 Å². The lowest BCUT2D eigenvalue weighted by atomic mass is 10.0. The molecule has 0 aliphatic carbocycles. The Morgan fingerprint density at radius 3 is 0.950 bits per heavy atom. The van der Waals surface area contributed by atoms with Crippen LogP contribution in [0.25, 0.3) is 0 Å². The molecular weight excluding hydrogens is 983 g/mol. The molecule has 0 spiro atoms. The number of unbranched alkanes of at least 4 members (excludes halogenated alkanes) is 54. The molecule has 0 saturated heterocycles. The molecule has 3 N–H and O–H groups in total. The van der Waals surface area contributed by atoms with E-state index < -0.39 is 12.1 Å². The fourth-order valence-corrected chi connectivity index (χ4v) is 11.7. The highest BCUT2D eigenvalue weighted by Crippen LogP contribution is 2.19. The summed E-state index contributed by atoms with van der Waals surface area (Å²) in [4.78, 5) is 24.6. The Labute approximate surface area is 501 Å². The lowest BCUT2D eigenvalue weighted by molar-refractivity contribution is -0.143. The highest BCUT2D eigenvalue weighted by molar-refractivity contribution is 5.76. The zero-order valence-corrected chi connectivity index (χ0v) is 54.3. The molecule has 2 unspecified atom stereocenters. The van der Waals surface area contributed by atoms with Crippen LogP contribution in [0.3, 0.4) is 0 Å². The highest BCUT2D eigenvalue weighted by Gasteiger charge is 2.20.